The highest BCUT2D eigenvalue weighted by Gasteiger charge is 2.51. The van der Waals surface area contributed by atoms with Gasteiger partial charge in [0, 0.05) is 36.3 Å². The summed E-state index contributed by atoms with van der Waals surface area (Å²) in [4.78, 5) is 16.7. The van der Waals surface area contributed by atoms with Crippen molar-refractivity contribution in [3.05, 3.63) is 131 Å². The maximum absolute atomic E-state index is 14.0. The molecule has 55 heavy (non-hydrogen) atoms. The van der Waals surface area contributed by atoms with Crippen molar-refractivity contribution < 1.29 is 27.8 Å². The molecular formula is C45H55N3O6S. The van der Waals surface area contributed by atoms with Gasteiger partial charge in [-0.15, -0.1) is 0 Å². The number of carbonyl (C=O) groups excluding carboxylic acids is 1. The minimum absolute atomic E-state index is 0.0285. The van der Waals surface area contributed by atoms with Gasteiger partial charge < -0.3 is 19.9 Å². The molecule has 0 aromatic heterocycles. The first-order valence-electron chi connectivity index (χ1n) is 19.5. The molecule has 1 saturated carbocycles. The zero-order valence-electron chi connectivity index (χ0n) is 32.6. The Morgan fingerprint density at radius 1 is 0.891 bits per heavy atom. The van der Waals surface area contributed by atoms with Crippen LogP contribution in [0.15, 0.2) is 108 Å². The number of aliphatic hydroxyl groups excluding tert-OH is 1. The van der Waals surface area contributed by atoms with Crippen molar-refractivity contribution in [3.63, 3.8) is 0 Å². The third-order valence-corrected chi connectivity index (χ3v) is 13.2. The molecule has 3 N–H and O–H groups in total. The van der Waals surface area contributed by atoms with Gasteiger partial charge in [0.2, 0.25) is 15.9 Å². The summed E-state index contributed by atoms with van der Waals surface area (Å²) in [6.45, 7) is 13.1. The van der Waals surface area contributed by atoms with Gasteiger partial charge in [0.25, 0.3) is 0 Å². The normalized spacial score (nSPS) is 27.1. The van der Waals surface area contributed by atoms with Crippen LogP contribution in [0.3, 0.4) is 0 Å². The highest BCUT2D eigenvalue weighted by atomic mass is 32.2. The van der Waals surface area contributed by atoms with Crippen molar-refractivity contribution >= 4 is 21.6 Å². The lowest BCUT2D eigenvalue weighted by Crippen LogP contribution is -2.46. The molecule has 4 aromatic carbocycles. The molecule has 4 aromatic rings. The molecule has 7 atom stereocenters. The predicted octanol–water partition coefficient (Wildman–Crippen LogP) is 7.71. The molecule has 2 unspecified atom stereocenters. The molecular weight excluding hydrogens is 711 g/mol. The van der Waals surface area contributed by atoms with Crippen molar-refractivity contribution in [2.75, 3.05) is 18.4 Å². The number of rotatable bonds is 12. The summed E-state index contributed by atoms with van der Waals surface area (Å²) in [6, 6.07) is 30.7. The lowest BCUT2D eigenvalue weighted by Gasteiger charge is -2.43. The number of fused-ring (bicyclic) bond motifs is 2. The summed E-state index contributed by atoms with van der Waals surface area (Å²) in [5, 5.41) is 12.7. The Morgan fingerprint density at radius 2 is 1.62 bits per heavy atom. The Balaban J connectivity index is 1.13. The summed E-state index contributed by atoms with van der Waals surface area (Å²) < 4.78 is 43.3. The largest absolute Gasteiger partial charge is 0.392 e. The van der Waals surface area contributed by atoms with Gasteiger partial charge in [-0.1, -0.05) is 112 Å². The molecule has 2 saturated heterocycles. The van der Waals surface area contributed by atoms with Crippen molar-refractivity contribution in [2.24, 2.45) is 16.7 Å². The second kappa shape index (κ2) is 15.9. The van der Waals surface area contributed by atoms with Crippen molar-refractivity contribution in [2.45, 2.75) is 102 Å². The molecule has 1 aliphatic carbocycles. The molecule has 2 bridgehead atoms. The average molecular weight is 766 g/mol. The molecule has 0 radical (unpaired) electrons. The number of likely N-dealkylation sites (tertiary alicyclic amines) is 1. The van der Waals surface area contributed by atoms with Crippen LogP contribution < -0.4 is 10.0 Å². The molecule has 10 heteroatoms. The zero-order chi connectivity index (χ0) is 39.0. The van der Waals surface area contributed by atoms with Crippen LogP contribution in [-0.4, -0.2) is 55.6 Å². The number of aryl methyl sites for hydroxylation is 1. The number of amides is 1. The quantitative estimate of drug-likeness (QED) is 0.135. The minimum Gasteiger partial charge on any atom is -0.392 e. The van der Waals surface area contributed by atoms with Gasteiger partial charge in [0.1, 0.15) is 6.04 Å². The fourth-order valence-electron chi connectivity index (χ4n) is 9.35. The summed E-state index contributed by atoms with van der Waals surface area (Å²) in [7, 11) is -4.00. The summed E-state index contributed by atoms with van der Waals surface area (Å²) in [5.74, 6) is -0.437. The Morgan fingerprint density at radius 3 is 2.33 bits per heavy atom. The SMILES string of the molecule is Cc1ccc(S(=O)(=O)N[C@H](Cc2ccccc2)C(=O)Nc2cccc([C@H]3O[C@@H](CN4CC5(C)CC4CC(C)(C)C5)[C@@H](C)[C@@H](c4ccc(CO)cc4)O3)c2)cc1. The van der Waals surface area contributed by atoms with Crippen molar-refractivity contribution in [1.82, 2.24) is 9.62 Å². The number of aliphatic hydroxyl groups is 1. The average Bonchev–Trinajstić information content (AvgIpc) is 3.39. The first kappa shape index (κ1) is 39.3. The number of carbonyl (C=O) groups is 1. The van der Waals surface area contributed by atoms with Crippen LogP contribution >= 0.6 is 0 Å². The number of nitrogens with zero attached hydrogens (tertiary/aromatic N) is 1. The molecule has 2 heterocycles. The van der Waals surface area contributed by atoms with Gasteiger partial charge in [-0.2, -0.15) is 4.72 Å². The van der Waals surface area contributed by atoms with E-state index in [-0.39, 0.29) is 36.0 Å². The zero-order valence-corrected chi connectivity index (χ0v) is 33.4. The predicted molar refractivity (Wildman–Crippen MR) is 215 cm³/mol. The lowest BCUT2D eigenvalue weighted by molar-refractivity contribution is -0.276. The van der Waals surface area contributed by atoms with Gasteiger partial charge in [0.15, 0.2) is 6.29 Å². The molecule has 1 amide bonds. The number of sulfonamides is 1. The Bertz CT molecular complexity index is 2060. The van der Waals surface area contributed by atoms with Gasteiger partial charge in [0.05, 0.1) is 23.7 Å². The second-order valence-corrected chi connectivity index (χ2v) is 19.0. The minimum atomic E-state index is -4.00. The molecule has 3 fully saturated rings. The van der Waals surface area contributed by atoms with E-state index in [2.05, 4.69) is 42.6 Å². The first-order chi connectivity index (χ1) is 26.2. The van der Waals surface area contributed by atoms with Crippen molar-refractivity contribution in [3.8, 4) is 0 Å². The maximum atomic E-state index is 14.0. The van der Waals surface area contributed by atoms with Gasteiger partial charge in [-0.3, -0.25) is 9.69 Å². The van der Waals surface area contributed by atoms with Crippen LogP contribution in [0.4, 0.5) is 5.69 Å². The Labute approximate surface area is 326 Å². The highest BCUT2D eigenvalue weighted by molar-refractivity contribution is 7.89. The summed E-state index contributed by atoms with van der Waals surface area (Å²) in [6.07, 6.45) is 2.65. The fraction of sp³-hybridized carbons (Fsp3) is 0.444. The number of benzene rings is 4. The van der Waals surface area contributed by atoms with Crippen LogP contribution in [0, 0.1) is 23.7 Å². The Kier molecular flexibility index (Phi) is 11.4. The van der Waals surface area contributed by atoms with Gasteiger partial charge in [-0.05, 0) is 84.4 Å². The Hall–Kier alpha value is -3.90. The van der Waals surface area contributed by atoms with E-state index in [1.165, 1.54) is 19.3 Å². The van der Waals surface area contributed by atoms with E-state index in [1.807, 2.05) is 79.7 Å². The van der Waals surface area contributed by atoms with Crippen LogP contribution in [-0.2, 0) is 37.3 Å². The maximum Gasteiger partial charge on any atom is 0.242 e. The number of ether oxygens (including phenoxy) is 2. The lowest BCUT2D eigenvalue weighted by atomic mass is 9.65. The van der Waals surface area contributed by atoms with E-state index in [0.717, 1.165) is 40.9 Å². The van der Waals surface area contributed by atoms with Gasteiger partial charge >= 0.3 is 0 Å². The topological polar surface area (TPSA) is 117 Å². The molecule has 7 rings (SSSR count). The standard InChI is InChI=1S/C45H55N3O6S/c1-30-14-20-38(21-15-30)55(51,52)47-39(22-32-10-7-6-8-11-32)42(50)46-36-13-9-12-35(23-36)43-53-40(26-48-29-45(5)25-37(48)24-44(3,4)28-45)31(2)41(54-43)34-18-16-33(27-49)17-19-34/h6-21,23,31,37,39-41,43,47,49H,22,24-29H2,1-5H3,(H,46,50)/t31-,37?,39-,40+,41+,43+,45?/m1/s1. The van der Waals surface area contributed by atoms with E-state index in [4.69, 9.17) is 9.47 Å². The van der Waals surface area contributed by atoms with Crippen molar-refractivity contribution in [1.29, 1.82) is 0 Å². The van der Waals surface area contributed by atoms with Crippen LogP contribution in [0.25, 0.3) is 0 Å². The monoisotopic (exact) mass is 765 g/mol. The third kappa shape index (κ3) is 9.22. The van der Waals surface area contributed by atoms with E-state index in [1.54, 1.807) is 30.3 Å². The number of nitrogens with one attached hydrogen (secondary N) is 2. The molecule has 0 spiro atoms. The molecule has 9 nitrogen and oxygen atoms in total. The fourth-order valence-corrected chi connectivity index (χ4v) is 10.5. The molecule has 2 aliphatic heterocycles. The number of hydrogen-bond acceptors (Lipinski definition) is 7. The second-order valence-electron chi connectivity index (χ2n) is 17.3. The van der Waals surface area contributed by atoms with E-state index in [9.17, 15) is 18.3 Å². The smallest absolute Gasteiger partial charge is 0.242 e. The highest BCUT2D eigenvalue weighted by Crippen LogP contribution is 2.53. The van der Waals surface area contributed by atoms with Gasteiger partial charge in [-0.25, -0.2) is 8.42 Å². The number of anilines is 1. The summed E-state index contributed by atoms with van der Waals surface area (Å²) in [5.41, 5.74) is 5.47. The van der Waals surface area contributed by atoms with E-state index >= 15 is 0 Å². The molecule has 292 valence electrons. The molecule has 3 aliphatic rings. The first-order valence-corrected chi connectivity index (χ1v) is 21.0. The van der Waals surface area contributed by atoms with E-state index < -0.39 is 28.3 Å². The third-order valence-electron chi connectivity index (χ3n) is 11.7. The van der Waals surface area contributed by atoms with Crippen LogP contribution in [0.5, 0.6) is 0 Å². The summed E-state index contributed by atoms with van der Waals surface area (Å²) >= 11 is 0. The number of hydrogen-bond donors (Lipinski definition) is 3. The van der Waals surface area contributed by atoms with Crippen LogP contribution in [0.1, 0.15) is 87.2 Å². The van der Waals surface area contributed by atoms with E-state index in [0.29, 0.717) is 22.6 Å². The van der Waals surface area contributed by atoms with Crippen LogP contribution in [0.2, 0.25) is 0 Å².